The summed E-state index contributed by atoms with van der Waals surface area (Å²) in [5.41, 5.74) is 5.77. The fourth-order valence-corrected chi connectivity index (χ4v) is 2.68. The monoisotopic (exact) mass is 252 g/mol. The molecule has 0 aliphatic heterocycles. The lowest BCUT2D eigenvalue weighted by Gasteiger charge is -2.06. The van der Waals surface area contributed by atoms with Gasteiger partial charge in [-0.3, -0.25) is 4.68 Å². The van der Waals surface area contributed by atoms with Gasteiger partial charge in [0.1, 0.15) is 0 Å². The van der Waals surface area contributed by atoms with E-state index in [2.05, 4.69) is 10.1 Å². The van der Waals surface area contributed by atoms with E-state index in [-0.39, 0.29) is 23.0 Å². The van der Waals surface area contributed by atoms with Crippen molar-refractivity contribution in [2.75, 3.05) is 11.5 Å². The molecule has 0 spiro atoms. The Balaban J connectivity index is 2.17. The number of nitrogens with zero attached hydrogens (tertiary/aromatic N) is 3. The third-order valence-corrected chi connectivity index (χ3v) is 3.89. The number of nitrogen functional groups attached to an aromatic ring is 1. The van der Waals surface area contributed by atoms with Crippen LogP contribution in [0.4, 0.5) is 5.69 Å². The normalized spacial score (nSPS) is 11.5. The second-order valence-corrected chi connectivity index (χ2v) is 5.51. The van der Waals surface area contributed by atoms with Crippen LogP contribution in [0.15, 0.2) is 41.8 Å². The average molecular weight is 252 g/mol. The van der Waals surface area contributed by atoms with Crippen molar-refractivity contribution in [1.82, 2.24) is 14.8 Å². The van der Waals surface area contributed by atoms with Gasteiger partial charge >= 0.3 is 0 Å². The molecular formula is C10H12N4O2S. The number of sulfone groups is 1. The molecule has 2 rings (SSSR count). The molecule has 2 N–H and O–H groups in total. The summed E-state index contributed by atoms with van der Waals surface area (Å²) < 4.78 is 25.5. The zero-order valence-electron chi connectivity index (χ0n) is 9.02. The highest BCUT2D eigenvalue weighted by Gasteiger charge is 2.18. The quantitative estimate of drug-likeness (QED) is 0.847. The number of hydrogen-bond acceptors (Lipinski definition) is 5. The molecule has 0 saturated carbocycles. The number of aromatic nitrogens is 3. The lowest BCUT2D eigenvalue weighted by atomic mass is 10.4. The predicted molar refractivity (Wildman–Crippen MR) is 62.9 cm³/mol. The van der Waals surface area contributed by atoms with Crippen molar-refractivity contribution >= 4 is 15.5 Å². The first kappa shape index (κ1) is 11.6. The highest BCUT2D eigenvalue weighted by molar-refractivity contribution is 7.91. The molecule has 90 valence electrons. The molecule has 7 heteroatoms. The van der Waals surface area contributed by atoms with Gasteiger partial charge in [0.15, 0.2) is 14.9 Å². The van der Waals surface area contributed by atoms with Crippen LogP contribution in [0.25, 0.3) is 0 Å². The van der Waals surface area contributed by atoms with Crippen LogP contribution in [0.3, 0.4) is 0 Å². The van der Waals surface area contributed by atoms with E-state index >= 15 is 0 Å². The summed E-state index contributed by atoms with van der Waals surface area (Å²) in [7, 11) is -3.46. The van der Waals surface area contributed by atoms with Gasteiger partial charge in [-0.25, -0.2) is 13.4 Å². The van der Waals surface area contributed by atoms with Crippen LogP contribution < -0.4 is 5.73 Å². The van der Waals surface area contributed by atoms with E-state index in [1.54, 1.807) is 29.2 Å². The van der Waals surface area contributed by atoms with Crippen LogP contribution in [-0.2, 0) is 16.4 Å². The maximum atomic E-state index is 12.0. The van der Waals surface area contributed by atoms with E-state index < -0.39 is 9.84 Å². The molecule has 2 aromatic rings. The smallest absolute Gasteiger partial charge is 0.199 e. The number of rotatable bonds is 4. The van der Waals surface area contributed by atoms with Crippen molar-refractivity contribution in [2.45, 2.75) is 11.6 Å². The highest BCUT2D eigenvalue weighted by atomic mass is 32.2. The summed E-state index contributed by atoms with van der Waals surface area (Å²) >= 11 is 0. The summed E-state index contributed by atoms with van der Waals surface area (Å²) in [6.45, 7) is 0.283. The number of pyridine rings is 1. The summed E-state index contributed by atoms with van der Waals surface area (Å²) in [5.74, 6) is -0.0735. The second-order valence-electron chi connectivity index (χ2n) is 3.49. The zero-order chi connectivity index (χ0) is 12.3. The van der Waals surface area contributed by atoms with E-state index in [1.165, 1.54) is 12.3 Å². The Morgan fingerprint density at radius 2 is 2.12 bits per heavy atom. The molecule has 0 unspecified atom stereocenters. The third-order valence-electron chi connectivity index (χ3n) is 2.24. The molecule has 2 aromatic heterocycles. The van der Waals surface area contributed by atoms with Gasteiger partial charge in [-0.05, 0) is 18.2 Å². The van der Waals surface area contributed by atoms with Gasteiger partial charge in [-0.15, -0.1) is 0 Å². The minimum Gasteiger partial charge on any atom is -0.396 e. The SMILES string of the molecule is Nc1cccnc1S(=O)(=O)CCn1cccn1. The van der Waals surface area contributed by atoms with E-state index in [1.807, 2.05) is 0 Å². The van der Waals surface area contributed by atoms with Gasteiger partial charge in [0.05, 0.1) is 18.0 Å². The minimum atomic E-state index is -3.46. The van der Waals surface area contributed by atoms with Crippen molar-refractivity contribution in [3.05, 3.63) is 36.8 Å². The largest absolute Gasteiger partial charge is 0.396 e. The van der Waals surface area contributed by atoms with E-state index in [0.717, 1.165) is 0 Å². The number of nitrogens with two attached hydrogens (primary N) is 1. The van der Waals surface area contributed by atoms with Crippen molar-refractivity contribution in [3.63, 3.8) is 0 Å². The second kappa shape index (κ2) is 4.54. The van der Waals surface area contributed by atoms with Crippen LogP contribution in [0, 0.1) is 0 Å². The molecule has 2 heterocycles. The molecule has 0 aliphatic carbocycles. The molecule has 0 radical (unpaired) electrons. The Hall–Kier alpha value is -1.89. The number of aryl methyl sites for hydroxylation is 1. The minimum absolute atomic E-state index is 0.0628. The van der Waals surface area contributed by atoms with E-state index in [0.29, 0.717) is 0 Å². The topological polar surface area (TPSA) is 90.9 Å². The van der Waals surface area contributed by atoms with Crippen LogP contribution in [0.1, 0.15) is 0 Å². The van der Waals surface area contributed by atoms with Crippen molar-refractivity contribution in [2.24, 2.45) is 0 Å². The standard InChI is InChI=1S/C10H12N4O2S/c11-9-3-1-4-12-10(9)17(15,16)8-7-14-6-2-5-13-14/h1-6H,7-8,11H2. The number of anilines is 1. The molecule has 0 aromatic carbocycles. The molecule has 0 atom stereocenters. The third kappa shape index (κ3) is 2.62. The van der Waals surface area contributed by atoms with Crippen LogP contribution in [0.2, 0.25) is 0 Å². The summed E-state index contributed by atoms with van der Waals surface area (Å²) in [6, 6.07) is 4.86. The summed E-state index contributed by atoms with van der Waals surface area (Å²) in [4.78, 5) is 3.81. The Bertz CT molecular complexity index is 593. The number of hydrogen-bond donors (Lipinski definition) is 1. The Morgan fingerprint density at radius 3 is 2.76 bits per heavy atom. The fourth-order valence-electron chi connectivity index (χ4n) is 1.41. The molecule has 0 saturated heterocycles. The van der Waals surface area contributed by atoms with Gasteiger partial charge in [0.2, 0.25) is 0 Å². The Labute approximate surface area is 99.0 Å². The first-order chi connectivity index (χ1) is 8.09. The molecule has 6 nitrogen and oxygen atoms in total. The van der Waals surface area contributed by atoms with Crippen molar-refractivity contribution in [3.8, 4) is 0 Å². The molecular weight excluding hydrogens is 240 g/mol. The van der Waals surface area contributed by atoms with Crippen LogP contribution in [-0.4, -0.2) is 28.9 Å². The molecule has 0 fully saturated rings. The first-order valence-electron chi connectivity index (χ1n) is 5.00. The molecule has 0 bridgehead atoms. The zero-order valence-corrected chi connectivity index (χ0v) is 9.84. The molecule has 0 amide bonds. The first-order valence-corrected chi connectivity index (χ1v) is 6.65. The van der Waals surface area contributed by atoms with Crippen LogP contribution in [0.5, 0.6) is 0 Å². The average Bonchev–Trinajstić information content (AvgIpc) is 2.80. The van der Waals surface area contributed by atoms with E-state index in [4.69, 9.17) is 5.73 Å². The Morgan fingerprint density at radius 1 is 1.29 bits per heavy atom. The predicted octanol–water partition coefficient (Wildman–Crippen LogP) is 0.334. The summed E-state index contributed by atoms with van der Waals surface area (Å²) in [5, 5.41) is 3.87. The highest BCUT2D eigenvalue weighted by Crippen LogP contribution is 2.15. The maximum absolute atomic E-state index is 12.0. The van der Waals surface area contributed by atoms with Crippen molar-refractivity contribution in [1.29, 1.82) is 0 Å². The molecule has 0 aliphatic rings. The Kier molecular flexibility index (Phi) is 3.10. The van der Waals surface area contributed by atoms with Gasteiger partial charge < -0.3 is 5.73 Å². The van der Waals surface area contributed by atoms with Gasteiger partial charge in [-0.1, -0.05) is 0 Å². The lowest BCUT2D eigenvalue weighted by Crippen LogP contribution is -2.16. The van der Waals surface area contributed by atoms with Gasteiger partial charge in [0.25, 0.3) is 0 Å². The maximum Gasteiger partial charge on any atom is 0.199 e. The lowest BCUT2D eigenvalue weighted by molar-refractivity contribution is 0.578. The van der Waals surface area contributed by atoms with Gasteiger partial charge in [-0.2, -0.15) is 5.10 Å². The van der Waals surface area contributed by atoms with Crippen LogP contribution >= 0.6 is 0 Å². The van der Waals surface area contributed by atoms with Crippen molar-refractivity contribution < 1.29 is 8.42 Å². The van der Waals surface area contributed by atoms with Gasteiger partial charge in [0, 0.05) is 18.6 Å². The summed E-state index contributed by atoms with van der Waals surface area (Å²) in [6.07, 6.45) is 4.72. The fraction of sp³-hybridized carbons (Fsp3) is 0.200. The van der Waals surface area contributed by atoms with E-state index in [9.17, 15) is 8.42 Å². The molecule has 17 heavy (non-hydrogen) atoms.